The van der Waals surface area contributed by atoms with Crippen LogP contribution in [0.2, 0.25) is 10.1 Å². The maximum Gasteiger partial charge on any atom is 0.333 e. The quantitative estimate of drug-likeness (QED) is 0.244. The second kappa shape index (κ2) is 9.63. The molecule has 0 aliphatic heterocycles. The van der Waals surface area contributed by atoms with Crippen molar-refractivity contribution in [3.05, 3.63) is 0 Å². The highest BCUT2D eigenvalue weighted by Gasteiger charge is 2.54. The molecule has 0 rings (SSSR count). The van der Waals surface area contributed by atoms with Gasteiger partial charge in [0.2, 0.25) is 0 Å². The molecule has 0 unspecified atom stereocenters. The summed E-state index contributed by atoms with van der Waals surface area (Å²) in [6, 6.07) is 0. The average Bonchev–Trinajstić information content (AvgIpc) is 2.38. The Labute approximate surface area is 136 Å². The zero-order valence-corrected chi connectivity index (χ0v) is 15.9. The molecule has 22 heavy (non-hydrogen) atoms. The molecule has 0 amide bonds. The Morgan fingerprint density at radius 1 is 0.864 bits per heavy atom. The van der Waals surface area contributed by atoms with Gasteiger partial charge < -0.3 is 19.9 Å². The summed E-state index contributed by atoms with van der Waals surface area (Å²) in [6.07, 6.45) is 0. The molecule has 0 saturated heterocycles. The van der Waals surface area contributed by atoms with Gasteiger partial charge in [-0.3, -0.25) is 4.11 Å². The Hall–Kier alpha value is -0.453. The van der Waals surface area contributed by atoms with Crippen molar-refractivity contribution in [2.45, 2.75) is 51.6 Å². The summed E-state index contributed by atoms with van der Waals surface area (Å²) >= 11 is 0. The molecule has 0 radical (unpaired) electrons. The lowest BCUT2D eigenvalue weighted by Crippen LogP contribution is -2.47. The molecule has 0 saturated carbocycles. The summed E-state index contributed by atoms with van der Waals surface area (Å²) in [6.45, 7) is 13.9. The smallest absolute Gasteiger partial charge is 0.333 e. The Kier molecular flexibility index (Phi) is 9.44. The molecule has 0 aromatic rings. The Morgan fingerprint density at radius 2 is 1.32 bits per heavy atom. The predicted octanol–water partition coefficient (Wildman–Crippen LogP) is 3.01. The molecule has 2 N–H and O–H groups in total. The molecule has 0 atom stereocenters. The van der Waals surface area contributed by atoms with Gasteiger partial charge in [0.05, 0.1) is 33.2 Å². The summed E-state index contributed by atoms with van der Waals surface area (Å²) in [5, 5.41) is -0.852. The van der Waals surface area contributed by atoms with E-state index in [1.54, 1.807) is 0 Å². The van der Waals surface area contributed by atoms with E-state index in [-0.39, 0.29) is 13.3 Å². The minimum Gasteiger partial charge on any atom is -0.377 e. The van der Waals surface area contributed by atoms with Crippen LogP contribution in [0.15, 0.2) is 0 Å². The lowest BCUT2D eigenvalue weighted by Gasteiger charge is -2.40. The Morgan fingerprint density at radius 3 is 1.77 bits per heavy atom. The maximum absolute atomic E-state index is 15.4. The third-order valence-electron chi connectivity index (χ3n) is 3.36. The van der Waals surface area contributed by atoms with Crippen molar-refractivity contribution >= 4 is 8.41 Å². The fourth-order valence-electron chi connectivity index (χ4n) is 2.20. The summed E-state index contributed by atoms with van der Waals surface area (Å²) in [4.78, 5) is 0. The molecule has 0 aliphatic carbocycles. The monoisotopic (exact) mass is 333 g/mol. The van der Waals surface area contributed by atoms with Gasteiger partial charge in [-0.1, -0.05) is 53.0 Å². The zero-order chi connectivity index (χ0) is 17.3. The van der Waals surface area contributed by atoms with Crippen LogP contribution >= 0.6 is 0 Å². The molecule has 0 aromatic heterocycles. The first kappa shape index (κ1) is 21.5. The lowest BCUT2D eigenvalue weighted by molar-refractivity contribution is 0.0216. The third kappa shape index (κ3) is 7.21. The molecule has 0 spiro atoms. The highest BCUT2D eigenvalue weighted by Crippen LogP contribution is 2.51. The molecule has 130 valence electrons. The van der Waals surface area contributed by atoms with Gasteiger partial charge in [-0.2, -0.15) is 0 Å². The van der Waals surface area contributed by atoms with Crippen molar-refractivity contribution in [3.8, 4) is 11.5 Å². The number of ether oxygens (including phenoxy) is 3. The van der Waals surface area contributed by atoms with E-state index in [2.05, 4.69) is 11.5 Å². The second-order valence-electron chi connectivity index (χ2n) is 7.20. The van der Waals surface area contributed by atoms with E-state index in [4.69, 9.17) is 19.9 Å². The molecule has 0 bridgehead atoms. The van der Waals surface area contributed by atoms with Crippen LogP contribution in [-0.4, -0.2) is 48.2 Å². The minimum absolute atomic E-state index is 0.200. The summed E-state index contributed by atoms with van der Waals surface area (Å²) < 4.78 is 31.0. The van der Waals surface area contributed by atoms with E-state index in [9.17, 15) is 0 Å². The van der Waals surface area contributed by atoms with Crippen molar-refractivity contribution in [2.75, 3.05) is 39.8 Å². The molecule has 0 aliphatic rings. The number of nitrogens with two attached hydrogens (primary N) is 1. The van der Waals surface area contributed by atoms with Gasteiger partial charge in [0, 0.05) is 0 Å². The fraction of sp³-hybridized carbons (Fsp3) is 0.875. The summed E-state index contributed by atoms with van der Waals surface area (Å²) in [5.74, 6) is 2.87. The highest BCUT2D eigenvalue weighted by atomic mass is 28.4. The van der Waals surface area contributed by atoms with Crippen LogP contribution in [0.5, 0.6) is 0 Å². The van der Waals surface area contributed by atoms with E-state index in [0.29, 0.717) is 26.4 Å². The molecule has 0 aromatic carbocycles. The van der Waals surface area contributed by atoms with Crippen molar-refractivity contribution in [3.63, 3.8) is 0 Å². The summed E-state index contributed by atoms with van der Waals surface area (Å²) in [5.41, 5.74) is 8.09. The summed E-state index contributed by atoms with van der Waals surface area (Å²) in [7, 11) is -3.24. The van der Waals surface area contributed by atoms with Crippen LogP contribution in [0.25, 0.3) is 0 Å². The first-order valence-corrected chi connectivity index (χ1v) is 9.56. The van der Waals surface area contributed by atoms with E-state index in [0.717, 1.165) is 0 Å². The Bertz CT molecular complexity index is 352. The van der Waals surface area contributed by atoms with Crippen molar-refractivity contribution < 1.29 is 18.3 Å². The van der Waals surface area contributed by atoms with Gasteiger partial charge >= 0.3 is 8.41 Å². The third-order valence-corrected chi connectivity index (χ3v) is 8.02. The number of hydrogen-bond donors (Lipinski definition) is 1. The van der Waals surface area contributed by atoms with Crippen molar-refractivity contribution in [1.82, 2.24) is 0 Å². The van der Waals surface area contributed by atoms with Crippen molar-refractivity contribution in [1.29, 1.82) is 0 Å². The van der Waals surface area contributed by atoms with Crippen molar-refractivity contribution in [2.24, 2.45) is 5.73 Å². The molecular formula is C16H32FNO3Si. The van der Waals surface area contributed by atoms with Gasteiger partial charge in [0.1, 0.15) is 6.61 Å². The molecule has 4 nitrogen and oxygen atoms in total. The first-order chi connectivity index (χ1) is 10.1. The average molecular weight is 334 g/mol. The largest absolute Gasteiger partial charge is 0.377 e. The topological polar surface area (TPSA) is 53.7 Å². The van der Waals surface area contributed by atoms with E-state index >= 15 is 4.11 Å². The molecule has 0 heterocycles. The van der Waals surface area contributed by atoms with Crippen LogP contribution in [0, 0.1) is 11.5 Å². The van der Waals surface area contributed by atoms with Crippen LogP contribution < -0.4 is 5.73 Å². The van der Waals surface area contributed by atoms with Gasteiger partial charge in [-0.15, -0.1) is 0 Å². The van der Waals surface area contributed by atoms with Gasteiger partial charge in [-0.25, -0.2) is 0 Å². The zero-order valence-electron chi connectivity index (χ0n) is 14.9. The lowest BCUT2D eigenvalue weighted by atomic mass is 10.2. The van der Waals surface area contributed by atoms with Crippen LogP contribution in [-0.2, 0) is 14.2 Å². The Balaban J connectivity index is 4.17. The number of hydrogen-bond acceptors (Lipinski definition) is 4. The normalized spacial score (nSPS) is 12.9. The number of halogens is 1. The van der Waals surface area contributed by atoms with Crippen LogP contribution in [0.4, 0.5) is 4.11 Å². The van der Waals surface area contributed by atoms with E-state index < -0.39 is 18.5 Å². The van der Waals surface area contributed by atoms with Gasteiger partial charge in [0.25, 0.3) is 0 Å². The first-order valence-electron chi connectivity index (χ1n) is 7.68. The second-order valence-corrected chi connectivity index (χ2v) is 11.8. The van der Waals surface area contributed by atoms with Crippen LogP contribution in [0.3, 0.4) is 0 Å². The standard InChI is InChI=1S/C16H32FNO3Si/c1-15(2,3)22(17,16(4,5)6)13-7-8-19-9-10-20-11-12-21-14-18/h8-12,14,18H2,1-6H3. The minimum atomic E-state index is -3.24. The number of rotatable bonds is 8. The molecule has 6 heteroatoms. The van der Waals surface area contributed by atoms with Gasteiger partial charge in [-0.05, 0) is 10.1 Å². The molecule has 0 fully saturated rings. The van der Waals surface area contributed by atoms with E-state index in [1.807, 2.05) is 41.5 Å². The molecular weight excluding hydrogens is 301 g/mol. The fourth-order valence-corrected chi connectivity index (χ4v) is 5.52. The maximum atomic E-state index is 15.4. The predicted molar refractivity (Wildman–Crippen MR) is 90.7 cm³/mol. The highest BCUT2D eigenvalue weighted by molar-refractivity contribution is 6.86. The SMILES string of the molecule is CC(C)(C)[Si](F)(C#CCOCCOCCOCN)C(C)(C)C. The van der Waals surface area contributed by atoms with Crippen LogP contribution in [0.1, 0.15) is 41.5 Å². The van der Waals surface area contributed by atoms with Gasteiger partial charge in [0.15, 0.2) is 0 Å². The van der Waals surface area contributed by atoms with E-state index in [1.165, 1.54) is 0 Å².